The molecule has 0 unspecified atom stereocenters. The predicted octanol–water partition coefficient (Wildman–Crippen LogP) is 4.70. The second kappa shape index (κ2) is 7.42. The molecule has 4 aromatic carbocycles. The molecule has 33 heavy (non-hydrogen) atoms. The molecule has 0 spiro atoms. The van der Waals surface area contributed by atoms with E-state index in [-0.39, 0.29) is 27.9 Å². The minimum absolute atomic E-state index is 0.110. The third kappa shape index (κ3) is 3.14. The number of carbonyl (C=O) groups excluding carboxylic acids is 2. The number of hydrogen-bond acceptors (Lipinski definition) is 4. The Kier molecular flexibility index (Phi) is 4.53. The normalized spacial score (nSPS) is 12.8. The Morgan fingerprint density at radius 3 is 1.91 bits per heavy atom. The summed E-state index contributed by atoms with van der Waals surface area (Å²) in [6.45, 7) is 0. The summed E-state index contributed by atoms with van der Waals surface area (Å²) in [7, 11) is 0. The molecule has 0 bridgehead atoms. The van der Waals surface area contributed by atoms with Gasteiger partial charge in [-0.15, -0.1) is 0 Å². The molecule has 7 nitrogen and oxygen atoms in total. The number of fused-ring (bicyclic) bond motifs is 2. The molecule has 0 radical (unpaired) electrons. The molecule has 2 amide bonds. The zero-order valence-corrected chi connectivity index (χ0v) is 17.0. The quantitative estimate of drug-likeness (QED) is 0.448. The summed E-state index contributed by atoms with van der Waals surface area (Å²) in [5.41, 5.74) is 0.931. The van der Waals surface area contributed by atoms with Crippen molar-refractivity contribution in [2.45, 2.75) is 0 Å². The van der Waals surface area contributed by atoms with Crippen molar-refractivity contribution in [2.24, 2.45) is 0 Å². The van der Waals surface area contributed by atoms with E-state index in [4.69, 9.17) is 0 Å². The largest absolute Gasteiger partial charge is 0.478 e. The monoisotopic (exact) mass is 437 g/mol. The van der Waals surface area contributed by atoms with Crippen LogP contribution in [0.2, 0.25) is 0 Å². The summed E-state index contributed by atoms with van der Waals surface area (Å²) in [5.74, 6) is -4.02. The topological polar surface area (TPSA) is 112 Å². The fourth-order valence-corrected chi connectivity index (χ4v) is 4.19. The number of anilines is 1. The van der Waals surface area contributed by atoms with Crippen LogP contribution < -0.4 is 4.90 Å². The second-order valence-electron chi connectivity index (χ2n) is 7.59. The van der Waals surface area contributed by atoms with Crippen LogP contribution in [0, 0.1) is 0 Å². The van der Waals surface area contributed by atoms with Crippen LogP contribution in [0.1, 0.15) is 41.4 Å². The van der Waals surface area contributed by atoms with Crippen LogP contribution in [0.3, 0.4) is 0 Å². The van der Waals surface area contributed by atoms with E-state index in [0.29, 0.717) is 5.56 Å². The first-order chi connectivity index (χ1) is 15.9. The Hall–Kier alpha value is -4.78. The maximum atomic E-state index is 13.6. The van der Waals surface area contributed by atoms with Gasteiger partial charge in [-0.1, -0.05) is 54.6 Å². The third-order valence-electron chi connectivity index (χ3n) is 5.63. The Balaban J connectivity index is 1.78. The van der Waals surface area contributed by atoms with Gasteiger partial charge in [0.15, 0.2) is 0 Å². The Morgan fingerprint density at radius 1 is 0.667 bits per heavy atom. The van der Waals surface area contributed by atoms with E-state index in [2.05, 4.69) is 0 Å². The van der Waals surface area contributed by atoms with Crippen LogP contribution in [0.4, 0.5) is 5.69 Å². The van der Waals surface area contributed by atoms with Crippen molar-refractivity contribution in [3.63, 3.8) is 0 Å². The average Bonchev–Trinajstić information content (AvgIpc) is 3.07. The molecule has 5 rings (SSSR count). The lowest BCUT2D eigenvalue weighted by atomic mass is 9.90. The zero-order chi connectivity index (χ0) is 23.3. The summed E-state index contributed by atoms with van der Waals surface area (Å²) in [6, 6.07) is 21.4. The van der Waals surface area contributed by atoms with Crippen LogP contribution >= 0.6 is 0 Å². The summed E-state index contributed by atoms with van der Waals surface area (Å²) in [4.78, 5) is 50.9. The van der Waals surface area contributed by atoms with Crippen molar-refractivity contribution in [1.82, 2.24) is 0 Å². The number of aromatic carboxylic acids is 2. The van der Waals surface area contributed by atoms with Gasteiger partial charge in [0.2, 0.25) is 0 Å². The lowest BCUT2D eigenvalue weighted by molar-refractivity contribution is 0.0695. The molecule has 0 fully saturated rings. The Labute approximate surface area is 187 Å². The number of nitrogens with zero attached hydrogens (tertiary/aromatic N) is 1. The van der Waals surface area contributed by atoms with Crippen LogP contribution in [0.15, 0.2) is 78.9 Å². The molecule has 1 aliphatic rings. The molecule has 1 heterocycles. The fraction of sp³-hybridized carbons (Fsp3) is 0. The van der Waals surface area contributed by atoms with Gasteiger partial charge in [-0.3, -0.25) is 9.59 Å². The maximum absolute atomic E-state index is 13.6. The highest BCUT2D eigenvalue weighted by molar-refractivity contribution is 6.38. The van der Waals surface area contributed by atoms with Gasteiger partial charge in [0.25, 0.3) is 11.8 Å². The number of carboxylic acid groups (broad SMARTS) is 2. The van der Waals surface area contributed by atoms with Crippen molar-refractivity contribution >= 4 is 40.2 Å². The van der Waals surface area contributed by atoms with Crippen molar-refractivity contribution in [1.29, 1.82) is 0 Å². The van der Waals surface area contributed by atoms with Gasteiger partial charge < -0.3 is 10.2 Å². The first-order valence-electron chi connectivity index (χ1n) is 9.98. The SMILES string of the molecule is O=C(O)c1cc(C(=O)O)cc(N2C(=O)c3cc4ccccc4c(-c4ccccc4)c3C2=O)c1. The highest BCUT2D eigenvalue weighted by Crippen LogP contribution is 2.40. The highest BCUT2D eigenvalue weighted by atomic mass is 16.4. The Morgan fingerprint density at radius 2 is 1.27 bits per heavy atom. The van der Waals surface area contributed by atoms with E-state index in [1.54, 1.807) is 6.07 Å². The van der Waals surface area contributed by atoms with Crippen molar-refractivity contribution in [2.75, 3.05) is 4.90 Å². The molecule has 0 saturated carbocycles. The smallest absolute Gasteiger partial charge is 0.335 e. The second-order valence-corrected chi connectivity index (χ2v) is 7.59. The number of benzene rings is 4. The molecular formula is C26H15NO6. The molecule has 0 atom stereocenters. The first kappa shape index (κ1) is 20.1. The van der Waals surface area contributed by atoms with E-state index in [0.717, 1.165) is 39.4 Å². The third-order valence-corrected chi connectivity index (χ3v) is 5.63. The number of carboxylic acids is 2. The van der Waals surface area contributed by atoms with Crippen LogP contribution in [-0.2, 0) is 0 Å². The molecular weight excluding hydrogens is 422 g/mol. The van der Waals surface area contributed by atoms with Crippen LogP contribution in [0.25, 0.3) is 21.9 Å². The fourth-order valence-electron chi connectivity index (χ4n) is 4.19. The zero-order valence-electron chi connectivity index (χ0n) is 17.0. The van der Waals surface area contributed by atoms with Crippen molar-refractivity contribution in [3.8, 4) is 11.1 Å². The van der Waals surface area contributed by atoms with E-state index in [9.17, 15) is 29.4 Å². The van der Waals surface area contributed by atoms with Gasteiger partial charge in [-0.25, -0.2) is 14.5 Å². The molecule has 2 N–H and O–H groups in total. The van der Waals surface area contributed by atoms with E-state index in [1.165, 1.54) is 0 Å². The average molecular weight is 437 g/mol. The summed E-state index contributed by atoms with van der Waals surface area (Å²) in [6.07, 6.45) is 0. The lowest BCUT2D eigenvalue weighted by Gasteiger charge is -2.16. The summed E-state index contributed by atoms with van der Waals surface area (Å²) in [5, 5.41) is 20.4. The molecule has 0 aromatic heterocycles. The predicted molar refractivity (Wildman–Crippen MR) is 121 cm³/mol. The lowest BCUT2D eigenvalue weighted by Crippen LogP contribution is -2.30. The van der Waals surface area contributed by atoms with Crippen molar-refractivity contribution < 1.29 is 29.4 Å². The standard InChI is InChI=1S/C26H15NO6/c28-23-20-13-15-8-4-5-9-19(15)21(14-6-2-1-3-7-14)22(20)24(29)27(23)18-11-16(25(30)31)10-17(12-18)26(32)33/h1-13H,(H,30,31)(H,32,33). The summed E-state index contributed by atoms with van der Waals surface area (Å²) >= 11 is 0. The van der Waals surface area contributed by atoms with Gasteiger partial charge in [0.05, 0.1) is 27.9 Å². The van der Waals surface area contributed by atoms with Gasteiger partial charge in [-0.2, -0.15) is 0 Å². The molecule has 1 aliphatic heterocycles. The number of hydrogen-bond donors (Lipinski definition) is 2. The maximum Gasteiger partial charge on any atom is 0.335 e. The van der Waals surface area contributed by atoms with E-state index < -0.39 is 23.8 Å². The molecule has 160 valence electrons. The minimum atomic E-state index is -1.37. The van der Waals surface area contributed by atoms with Gasteiger partial charge >= 0.3 is 11.9 Å². The minimum Gasteiger partial charge on any atom is -0.478 e. The Bertz CT molecular complexity index is 1470. The number of imide groups is 1. The van der Waals surface area contributed by atoms with Crippen molar-refractivity contribution in [3.05, 3.63) is 101 Å². The molecule has 4 aromatic rings. The first-order valence-corrected chi connectivity index (χ1v) is 9.98. The number of carbonyl (C=O) groups is 4. The van der Waals surface area contributed by atoms with Crippen LogP contribution in [-0.4, -0.2) is 34.0 Å². The van der Waals surface area contributed by atoms with Gasteiger partial charge in [0, 0.05) is 5.56 Å². The van der Waals surface area contributed by atoms with E-state index in [1.807, 2.05) is 54.6 Å². The van der Waals surface area contributed by atoms with Gasteiger partial charge in [0.1, 0.15) is 0 Å². The van der Waals surface area contributed by atoms with Crippen LogP contribution in [0.5, 0.6) is 0 Å². The molecule has 7 heteroatoms. The van der Waals surface area contributed by atoms with E-state index >= 15 is 0 Å². The number of rotatable bonds is 4. The summed E-state index contributed by atoms with van der Waals surface area (Å²) < 4.78 is 0. The highest BCUT2D eigenvalue weighted by Gasteiger charge is 2.40. The number of amides is 2. The molecule has 0 aliphatic carbocycles. The molecule has 0 saturated heterocycles. The van der Waals surface area contributed by atoms with Gasteiger partial charge in [-0.05, 0) is 40.6 Å².